The minimum atomic E-state index is -3.82. The summed E-state index contributed by atoms with van der Waals surface area (Å²) in [5.74, 6) is -0.722. The van der Waals surface area contributed by atoms with Crippen LogP contribution in [0.2, 0.25) is 0 Å². The van der Waals surface area contributed by atoms with Crippen LogP contribution in [-0.2, 0) is 10.0 Å². The standard InChI is InChI=1S/C9H13FN2O3S/c1-2-8(6-13)12-16(14,15)9-3-7(10)4-11-5-9/h3-5,8,12-13H,2,6H2,1H3/t8-/m1/s1. The van der Waals surface area contributed by atoms with Crippen molar-refractivity contribution in [2.75, 3.05) is 6.61 Å². The Balaban J connectivity index is 2.94. The Hall–Kier alpha value is -1.05. The molecule has 0 aliphatic rings. The van der Waals surface area contributed by atoms with Gasteiger partial charge in [-0.15, -0.1) is 0 Å². The number of sulfonamides is 1. The van der Waals surface area contributed by atoms with Crippen molar-refractivity contribution in [3.8, 4) is 0 Å². The van der Waals surface area contributed by atoms with Crippen LogP contribution in [0.3, 0.4) is 0 Å². The number of nitrogens with zero attached hydrogens (tertiary/aromatic N) is 1. The van der Waals surface area contributed by atoms with Crippen LogP contribution in [0.4, 0.5) is 4.39 Å². The molecular weight excluding hydrogens is 235 g/mol. The first-order chi connectivity index (χ1) is 7.49. The Morgan fingerprint density at radius 2 is 2.25 bits per heavy atom. The molecule has 7 heteroatoms. The zero-order valence-corrected chi connectivity index (χ0v) is 9.54. The number of pyridine rings is 1. The van der Waals surface area contributed by atoms with Crippen molar-refractivity contribution in [3.63, 3.8) is 0 Å². The van der Waals surface area contributed by atoms with Gasteiger partial charge in [0.2, 0.25) is 10.0 Å². The summed E-state index contributed by atoms with van der Waals surface area (Å²) in [6, 6.07) is 0.299. The minimum Gasteiger partial charge on any atom is -0.395 e. The SMILES string of the molecule is CC[C@H](CO)NS(=O)(=O)c1cncc(F)c1. The predicted octanol–water partition coefficient (Wildman–Crippen LogP) is 0.270. The van der Waals surface area contributed by atoms with E-state index in [1.54, 1.807) is 6.92 Å². The van der Waals surface area contributed by atoms with Gasteiger partial charge >= 0.3 is 0 Å². The molecule has 0 unspecified atom stereocenters. The van der Waals surface area contributed by atoms with Crippen LogP contribution in [0.1, 0.15) is 13.3 Å². The molecule has 0 bridgehead atoms. The molecule has 1 aromatic heterocycles. The third-order valence-electron chi connectivity index (χ3n) is 2.03. The molecule has 0 aliphatic carbocycles. The van der Waals surface area contributed by atoms with Crippen molar-refractivity contribution in [1.82, 2.24) is 9.71 Å². The van der Waals surface area contributed by atoms with Crippen molar-refractivity contribution in [2.24, 2.45) is 0 Å². The molecule has 0 amide bonds. The highest BCUT2D eigenvalue weighted by atomic mass is 32.2. The van der Waals surface area contributed by atoms with E-state index in [4.69, 9.17) is 5.11 Å². The second-order valence-corrected chi connectivity index (χ2v) is 4.96. The number of aliphatic hydroxyl groups is 1. The fourth-order valence-corrected chi connectivity index (χ4v) is 2.36. The Morgan fingerprint density at radius 1 is 1.56 bits per heavy atom. The van der Waals surface area contributed by atoms with E-state index < -0.39 is 21.9 Å². The summed E-state index contributed by atoms with van der Waals surface area (Å²) in [6.07, 6.45) is 2.41. The molecule has 0 saturated carbocycles. The molecule has 1 atom stereocenters. The molecule has 0 radical (unpaired) electrons. The van der Waals surface area contributed by atoms with Crippen LogP contribution in [0.5, 0.6) is 0 Å². The topological polar surface area (TPSA) is 79.3 Å². The molecule has 1 rings (SSSR count). The van der Waals surface area contributed by atoms with Crippen molar-refractivity contribution in [2.45, 2.75) is 24.3 Å². The number of aromatic nitrogens is 1. The van der Waals surface area contributed by atoms with E-state index in [1.165, 1.54) is 0 Å². The molecule has 0 spiro atoms. The van der Waals surface area contributed by atoms with E-state index in [0.29, 0.717) is 6.42 Å². The van der Waals surface area contributed by atoms with E-state index in [2.05, 4.69) is 9.71 Å². The highest BCUT2D eigenvalue weighted by molar-refractivity contribution is 7.89. The van der Waals surface area contributed by atoms with Crippen LogP contribution >= 0.6 is 0 Å². The molecule has 0 fully saturated rings. The summed E-state index contributed by atoms with van der Waals surface area (Å²) in [5.41, 5.74) is 0. The van der Waals surface area contributed by atoms with Gasteiger partial charge in [-0.3, -0.25) is 4.98 Å². The van der Waals surface area contributed by atoms with Gasteiger partial charge in [0.15, 0.2) is 0 Å². The van der Waals surface area contributed by atoms with Gasteiger partial charge in [0.25, 0.3) is 0 Å². The molecule has 90 valence electrons. The van der Waals surface area contributed by atoms with Gasteiger partial charge in [0, 0.05) is 12.2 Å². The van der Waals surface area contributed by atoms with Gasteiger partial charge in [-0.05, 0) is 12.5 Å². The quantitative estimate of drug-likeness (QED) is 0.784. The van der Waals surface area contributed by atoms with Crippen molar-refractivity contribution < 1.29 is 17.9 Å². The number of aliphatic hydroxyl groups excluding tert-OH is 1. The summed E-state index contributed by atoms with van der Waals surface area (Å²) in [4.78, 5) is 3.20. The van der Waals surface area contributed by atoms with E-state index in [-0.39, 0.29) is 11.5 Å². The van der Waals surface area contributed by atoms with Crippen molar-refractivity contribution in [1.29, 1.82) is 0 Å². The molecule has 2 N–H and O–H groups in total. The summed E-state index contributed by atoms with van der Waals surface area (Å²) in [6.45, 7) is 1.42. The average molecular weight is 248 g/mol. The predicted molar refractivity (Wildman–Crippen MR) is 55.7 cm³/mol. The third-order valence-corrected chi connectivity index (χ3v) is 3.51. The first kappa shape index (κ1) is 13.0. The number of hydrogen-bond donors (Lipinski definition) is 2. The van der Waals surface area contributed by atoms with Crippen LogP contribution in [0.25, 0.3) is 0 Å². The van der Waals surface area contributed by atoms with Crippen molar-refractivity contribution >= 4 is 10.0 Å². The van der Waals surface area contributed by atoms with Gasteiger partial charge in [-0.2, -0.15) is 0 Å². The Morgan fingerprint density at radius 3 is 2.75 bits per heavy atom. The number of hydrogen-bond acceptors (Lipinski definition) is 4. The Bertz CT molecular complexity index is 446. The molecule has 0 aromatic carbocycles. The van der Waals surface area contributed by atoms with Crippen LogP contribution in [-0.4, -0.2) is 31.2 Å². The highest BCUT2D eigenvalue weighted by Crippen LogP contribution is 2.09. The van der Waals surface area contributed by atoms with E-state index in [9.17, 15) is 12.8 Å². The van der Waals surface area contributed by atoms with E-state index >= 15 is 0 Å². The zero-order chi connectivity index (χ0) is 12.2. The maximum atomic E-state index is 12.8. The molecule has 5 nitrogen and oxygen atoms in total. The van der Waals surface area contributed by atoms with Gasteiger partial charge in [0.1, 0.15) is 10.7 Å². The van der Waals surface area contributed by atoms with E-state index in [0.717, 1.165) is 18.5 Å². The van der Waals surface area contributed by atoms with Crippen LogP contribution < -0.4 is 4.72 Å². The average Bonchev–Trinajstić information content (AvgIpc) is 2.26. The van der Waals surface area contributed by atoms with Crippen LogP contribution in [0, 0.1) is 5.82 Å². The second-order valence-electron chi connectivity index (χ2n) is 3.25. The Labute approximate surface area is 93.4 Å². The van der Waals surface area contributed by atoms with Gasteiger partial charge in [0.05, 0.1) is 12.8 Å². The van der Waals surface area contributed by atoms with Crippen LogP contribution in [0.15, 0.2) is 23.4 Å². The lowest BCUT2D eigenvalue weighted by molar-refractivity contribution is 0.254. The zero-order valence-electron chi connectivity index (χ0n) is 8.72. The lowest BCUT2D eigenvalue weighted by atomic mass is 10.3. The molecule has 1 heterocycles. The normalized spacial score (nSPS) is 13.7. The molecular formula is C9H13FN2O3S. The summed E-state index contributed by atoms with van der Waals surface area (Å²) < 4.78 is 38.4. The summed E-state index contributed by atoms with van der Waals surface area (Å²) in [7, 11) is -3.82. The third kappa shape index (κ3) is 3.22. The maximum absolute atomic E-state index is 12.8. The number of halogens is 1. The molecule has 16 heavy (non-hydrogen) atoms. The van der Waals surface area contributed by atoms with Gasteiger partial charge in [-0.25, -0.2) is 17.5 Å². The van der Waals surface area contributed by atoms with Crippen molar-refractivity contribution in [3.05, 3.63) is 24.3 Å². The maximum Gasteiger partial charge on any atom is 0.242 e. The monoisotopic (exact) mass is 248 g/mol. The van der Waals surface area contributed by atoms with E-state index in [1.807, 2.05) is 0 Å². The first-order valence-electron chi connectivity index (χ1n) is 4.73. The smallest absolute Gasteiger partial charge is 0.242 e. The fraction of sp³-hybridized carbons (Fsp3) is 0.444. The molecule has 1 aromatic rings. The largest absolute Gasteiger partial charge is 0.395 e. The van der Waals surface area contributed by atoms with Gasteiger partial charge in [-0.1, -0.05) is 6.92 Å². The second kappa shape index (κ2) is 5.33. The number of nitrogens with one attached hydrogen (secondary N) is 1. The molecule has 0 aliphatic heterocycles. The first-order valence-corrected chi connectivity index (χ1v) is 6.21. The highest BCUT2D eigenvalue weighted by Gasteiger charge is 2.19. The minimum absolute atomic E-state index is 0.251. The molecule has 0 saturated heterocycles. The lowest BCUT2D eigenvalue weighted by Gasteiger charge is -2.13. The fourth-order valence-electron chi connectivity index (χ4n) is 1.08. The van der Waals surface area contributed by atoms with Gasteiger partial charge < -0.3 is 5.11 Å². The number of rotatable bonds is 5. The Kier molecular flexibility index (Phi) is 4.34. The summed E-state index contributed by atoms with van der Waals surface area (Å²) >= 11 is 0. The summed E-state index contributed by atoms with van der Waals surface area (Å²) in [5, 5.41) is 8.87. The lowest BCUT2D eigenvalue weighted by Crippen LogP contribution is -2.36.